The summed E-state index contributed by atoms with van der Waals surface area (Å²) in [5.74, 6) is 0. The Hall–Kier alpha value is -1.33. The van der Waals surface area contributed by atoms with Gasteiger partial charge in [0.15, 0.2) is 0 Å². The summed E-state index contributed by atoms with van der Waals surface area (Å²) >= 11 is 3.45. The van der Waals surface area contributed by atoms with E-state index in [1.807, 2.05) is 32.0 Å². The van der Waals surface area contributed by atoms with Crippen molar-refractivity contribution >= 4 is 38.2 Å². The first kappa shape index (κ1) is 15.1. The van der Waals surface area contributed by atoms with Crippen LogP contribution in [0.1, 0.15) is 20.3 Å². The SMILES string of the molecule is CC(C)OCCCNc1c(N)cnc2cc(Br)ccc12. The van der Waals surface area contributed by atoms with Crippen LogP contribution in [-0.4, -0.2) is 24.2 Å². The molecule has 0 saturated heterocycles. The number of anilines is 2. The maximum Gasteiger partial charge on any atom is 0.0743 e. The van der Waals surface area contributed by atoms with E-state index in [2.05, 4.69) is 26.2 Å². The van der Waals surface area contributed by atoms with Crippen molar-refractivity contribution in [2.75, 3.05) is 24.2 Å². The Bertz CT molecular complexity index is 587. The summed E-state index contributed by atoms with van der Waals surface area (Å²) in [7, 11) is 0. The molecule has 0 spiro atoms. The van der Waals surface area contributed by atoms with E-state index in [4.69, 9.17) is 10.5 Å². The molecule has 3 N–H and O–H groups in total. The number of nitrogens with two attached hydrogens (primary N) is 1. The summed E-state index contributed by atoms with van der Waals surface area (Å²) in [4.78, 5) is 4.35. The van der Waals surface area contributed by atoms with E-state index in [1.165, 1.54) is 0 Å². The first-order chi connectivity index (χ1) is 9.58. The van der Waals surface area contributed by atoms with Crippen LogP contribution in [0.5, 0.6) is 0 Å². The Balaban J connectivity index is 2.07. The Kier molecular flexibility index (Phi) is 5.20. The predicted octanol–water partition coefficient (Wildman–Crippen LogP) is 3.81. The normalized spacial score (nSPS) is 11.2. The molecule has 4 nitrogen and oxygen atoms in total. The fourth-order valence-corrected chi connectivity index (χ4v) is 2.33. The van der Waals surface area contributed by atoms with Gasteiger partial charge in [-0.2, -0.15) is 0 Å². The molecule has 0 amide bonds. The molecule has 0 aliphatic carbocycles. The van der Waals surface area contributed by atoms with Gasteiger partial charge in [0.25, 0.3) is 0 Å². The number of pyridine rings is 1. The Labute approximate surface area is 127 Å². The van der Waals surface area contributed by atoms with E-state index in [9.17, 15) is 0 Å². The zero-order valence-corrected chi connectivity index (χ0v) is 13.4. The number of hydrogen-bond acceptors (Lipinski definition) is 4. The number of hydrogen-bond donors (Lipinski definition) is 2. The van der Waals surface area contributed by atoms with Crippen molar-refractivity contribution in [2.45, 2.75) is 26.4 Å². The van der Waals surface area contributed by atoms with E-state index in [0.717, 1.165) is 40.6 Å². The zero-order chi connectivity index (χ0) is 14.5. The fraction of sp³-hybridized carbons (Fsp3) is 0.400. The van der Waals surface area contributed by atoms with Gasteiger partial charge in [-0.1, -0.05) is 15.9 Å². The highest BCUT2D eigenvalue weighted by Crippen LogP contribution is 2.29. The summed E-state index contributed by atoms with van der Waals surface area (Å²) in [6.07, 6.45) is 2.92. The molecule has 5 heteroatoms. The molecule has 0 saturated carbocycles. The van der Waals surface area contributed by atoms with Gasteiger partial charge in [-0.3, -0.25) is 4.98 Å². The minimum Gasteiger partial charge on any atom is -0.396 e. The molecule has 0 radical (unpaired) electrons. The second kappa shape index (κ2) is 6.90. The van der Waals surface area contributed by atoms with Gasteiger partial charge in [-0.25, -0.2) is 0 Å². The number of nitrogens with zero attached hydrogens (tertiary/aromatic N) is 1. The topological polar surface area (TPSA) is 60.2 Å². The minimum absolute atomic E-state index is 0.277. The van der Waals surface area contributed by atoms with Gasteiger partial charge in [0.2, 0.25) is 0 Å². The molecule has 1 aromatic carbocycles. The molecule has 0 unspecified atom stereocenters. The van der Waals surface area contributed by atoms with Gasteiger partial charge in [-0.15, -0.1) is 0 Å². The van der Waals surface area contributed by atoms with E-state index in [1.54, 1.807) is 6.20 Å². The summed E-state index contributed by atoms with van der Waals surface area (Å²) < 4.78 is 6.54. The first-order valence-electron chi connectivity index (χ1n) is 6.77. The van der Waals surface area contributed by atoms with Crippen LogP contribution in [0.15, 0.2) is 28.9 Å². The number of fused-ring (bicyclic) bond motifs is 1. The van der Waals surface area contributed by atoms with Crippen molar-refractivity contribution in [2.24, 2.45) is 0 Å². The summed E-state index contributed by atoms with van der Waals surface area (Å²) in [5.41, 5.74) is 8.57. The number of aromatic nitrogens is 1. The molecule has 1 heterocycles. The largest absolute Gasteiger partial charge is 0.396 e. The van der Waals surface area contributed by atoms with Crippen LogP contribution >= 0.6 is 15.9 Å². The standard InChI is InChI=1S/C15H20BrN3O/c1-10(2)20-7-3-6-18-15-12-5-4-11(16)8-14(12)19-9-13(15)17/h4-5,8-10H,3,6-7,17H2,1-2H3,(H,18,19). The third-order valence-electron chi connectivity index (χ3n) is 2.93. The smallest absolute Gasteiger partial charge is 0.0743 e. The molecule has 108 valence electrons. The summed E-state index contributed by atoms with van der Waals surface area (Å²) in [6.45, 7) is 5.66. The second-order valence-electron chi connectivity index (χ2n) is 4.95. The molecule has 2 aromatic rings. The average Bonchev–Trinajstić information content (AvgIpc) is 2.40. The molecule has 1 aromatic heterocycles. The number of halogens is 1. The highest BCUT2D eigenvalue weighted by Gasteiger charge is 2.06. The summed E-state index contributed by atoms with van der Waals surface area (Å²) in [6, 6.07) is 6.01. The maximum atomic E-state index is 6.02. The van der Waals surface area contributed by atoms with Crippen molar-refractivity contribution in [1.29, 1.82) is 0 Å². The van der Waals surface area contributed by atoms with E-state index in [-0.39, 0.29) is 6.10 Å². The second-order valence-corrected chi connectivity index (χ2v) is 5.87. The van der Waals surface area contributed by atoms with Crippen LogP contribution in [-0.2, 0) is 4.74 Å². The molecule has 0 fully saturated rings. The van der Waals surface area contributed by atoms with Gasteiger partial charge < -0.3 is 15.8 Å². The predicted molar refractivity (Wildman–Crippen MR) is 88.1 cm³/mol. The van der Waals surface area contributed by atoms with Crippen LogP contribution in [0.25, 0.3) is 10.9 Å². The number of benzene rings is 1. The molecule has 0 bridgehead atoms. The van der Waals surface area contributed by atoms with Crippen molar-refractivity contribution in [3.8, 4) is 0 Å². The van der Waals surface area contributed by atoms with Crippen molar-refractivity contribution in [3.63, 3.8) is 0 Å². The molecule has 0 atom stereocenters. The zero-order valence-electron chi connectivity index (χ0n) is 11.8. The maximum absolute atomic E-state index is 6.02. The van der Waals surface area contributed by atoms with Crippen LogP contribution in [0.2, 0.25) is 0 Å². The lowest BCUT2D eigenvalue weighted by Gasteiger charge is -2.13. The monoisotopic (exact) mass is 337 g/mol. The highest BCUT2D eigenvalue weighted by molar-refractivity contribution is 9.10. The van der Waals surface area contributed by atoms with Gasteiger partial charge in [0.1, 0.15) is 0 Å². The fourth-order valence-electron chi connectivity index (χ4n) is 1.98. The Morgan fingerprint density at radius 1 is 1.40 bits per heavy atom. The quantitative estimate of drug-likeness (QED) is 0.787. The van der Waals surface area contributed by atoms with Gasteiger partial charge in [-0.05, 0) is 38.5 Å². The van der Waals surface area contributed by atoms with Crippen molar-refractivity contribution in [1.82, 2.24) is 4.98 Å². The van der Waals surface area contributed by atoms with Crippen LogP contribution in [0.3, 0.4) is 0 Å². The van der Waals surface area contributed by atoms with E-state index in [0.29, 0.717) is 5.69 Å². The van der Waals surface area contributed by atoms with E-state index >= 15 is 0 Å². The van der Waals surface area contributed by atoms with Crippen LogP contribution in [0.4, 0.5) is 11.4 Å². The molecular weight excluding hydrogens is 318 g/mol. The molecule has 0 aliphatic heterocycles. The lowest BCUT2D eigenvalue weighted by molar-refractivity contribution is 0.0787. The van der Waals surface area contributed by atoms with Gasteiger partial charge >= 0.3 is 0 Å². The number of nitrogen functional groups attached to an aromatic ring is 1. The third kappa shape index (κ3) is 3.84. The Morgan fingerprint density at radius 2 is 2.20 bits per heavy atom. The van der Waals surface area contributed by atoms with Gasteiger partial charge in [0, 0.05) is 23.0 Å². The number of nitrogens with one attached hydrogen (secondary N) is 1. The average molecular weight is 338 g/mol. The first-order valence-corrected chi connectivity index (χ1v) is 7.56. The van der Waals surface area contributed by atoms with Crippen molar-refractivity contribution < 1.29 is 4.74 Å². The molecule has 20 heavy (non-hydrogen) atoms. The number of ether oxygens (including phenoxy) is 1. The van der Waals surface area contributed by atoms with Gasteiger partial charge in [0.05, 0.1) is 29.2 Å². The molecule has 0 aliphatic rings. The van der Waals surface area contributed by atoms with Crippen LogP contribution in [0, 0.1) is 0 Å². The molecule has 2 rings (SSSR count). The lowest BCUT2D eigenvalue weighted by atomic mass is 10.1. The van der Waals surface area contributed by atoms with Crippen LogP contribution < -0.4 is 11.1 Å². The molecular formula is C15H20BrN3O. The third-order valence-corrected chi connectivity index (χ3v) is 3.43. The minimum atomic E-state index is 0.277. The number of rotatable bonds is 6. The lowest BCUT2D eigenvalue weighted by Crippen LogP contribution is -2.10. The summed E-state index contributed by atoms with van der Waals surface area (Å²) in [5, 5.41) is 4.43. The highest BCUT2D eigenvalue weighted by atomic mass is 79.9. The van der Waals surface area contributed by atoms with E-state index < -0.39 is 0 Å². The Morgan fingerprint density at radius 3 is 2.95 bits per heavy atom. The van der Waals surface area contributed by atoms with Crippen molar-refractivity contribution in [3.05, 3.63) is 28.9 Å².